The Morgan fingerprint density at radius 1 is 1.32 bits per heavy atom. The van der Waals surface area contributed by atoms with Crippen molar-refractivity contribution >= 4 is 17.8 Å². The van der Waals surface area contributed by atoms with E-state index in [0.29, 0.717) is 0 Å². The fraction of sp³-hybridized carbons (Fsp3) is 0.333. The van der Waals surface area contributed by atoms with Gasteiger partial charge in [-0.2, -0.15) is 5.21 Å². The SMILES string of the molecule is COC(=O)/C=C/C(=O)OCCNC(=O)c1nn[nH]n1. The van der Waals surface area contributed by atoms with Gasteiger partial charge in [-0.05, 0) is 5.21 Å². The molecule has 1 aromatic heterocycles. The maximum absolute atomic E-state index is 11.3. The van der Waals surface area contributed by atoms with Crippen LogP contribution in [0, 0.1) is 0 Å². The summed E-state index contributed by atoms with van der Waals surface area (Å²) in [5.41, 5.74) is 0. The molecule has 0 unspecified atom stereocenters. The third-order valence-electron chi connectivity index (χ3n) is 1.74. The van der Waals surface area contributed by atoms with Gasteiger partial charge in [0, 0.05) is 12.2 Å². The van der Waals surface area contributed by atoms with Gasteiger partial charge in [-0.1, -0.05) is 0 Å². The summed E-state index contributed by atoms with van der Waals surface area (Å²) in [4.78, 5) is 33.0. The van der Waals surface area contributed by atoms with Crippen molar-refractivity contribution in [3.8, 4) is 0 Å². The molecule has 0 atom stereocenters. The number of carbonyl (C=O) groups excluding carboxylic acids is 3. The van der Waals surface area contributed by atoms with Crippen molar-refractivity contribution in [2.24, 2.45) is 0 Å². The van der Waals surface area contributed by atoms with Crippen LogP contribution in [0.3, 0.4) is 0 Å². The van der Waals surface area contributed by atoms with Crippen LogP contribution in [-0.2, 0) is 19.1 Å². The lowest BCUT2D eigenvalue weighted by Gasteiger charge is -2.02. The van der Waals surface area contributed by atoms with Crippen molar-refractivity contribution in [1.82, 2.24) is 25.9 Å². The van der Waals surface area contributed by atoms with E-state index in [0.717, 1.165) is 12.2 Å². The summed E-state index contributed by atoms with van der Waals surface area (Å²) in [5, 5.41) is 14.7. The molecule has 0 aliphatic rings. The van der Waals surface area contributed by atoms with Crippen LogP contribution >= 0.6 is 0 Å². The first-order valence-corrected chi connectivity index (χ1v) is 5.08. The first kappa shape index (κ1) is 14.3. The van der Waals surface area contributed by atoms with Crippen molar-refractivity contribution in [2.75, 3.05) is 20.3 Å². The fourth-order valence-corrected chi connectivity index (χ4v) is 0.905. The number of ether oxygens (including phenoxy) is 2. The molecule has 1 aromatic rings. The average Bonchev–Trinajstić information content (AvgIpc) is 2.94. The third-order valence-corrected chi connectivity index (χ3v) is 1.74. The van der Waals surface area contributed by atoms with Gasteiger partial charge in [-0.15, -0.1) is 10.2 Å². The van der Waals surface area contributed by atoms with Crippen molar-refractivity contribution in [3.63, 3.8) is 0 Å². The topological polar surface area (TPSA) is 136 Å². The quantitative estimate of drug-likeness (QED) is 0.350. The smallest absolute Gasteiger partial charge is 0.331 e. The van der Waals surface area contributed by atoms with Gasteiger partial charge in [0.25, 0.3) is 11.7 Å². The van der Waals surface area contributed by atoms with E-state index in [2.05, 4.69) is 30.7 Å². The van der Waals surface area contributed by atoms with E-state index < -0.39 is 17.8 Å². The Morgan fingerprint density at radius 3 is 2.68 bits per heavy atom. The minimum Gasteiger partial charge on any atom is -0.466 e. The number of hydrogen-bond acceptors (Lipinski definition) is 8. The van der Waals surface area contributed by atoms with Crippen molar-refractivity contribution in [2.45, 2.75) is 0 Å². The zero-order valence-corrected chi connectivity index (χ0v) is 9.95. The Morgan fingerprint density at radius 2 is 2.05 bits per heavy atom. The number of methoxy groups -OCH3 is 1. The number of rotatable bonds is 6. The number of H-pyrrole nitrogens is 1. The van der Waals surface area contributed by atoms with Crippen molar-refractivity contribution in [3.05, 3.63) is 18.0 Å². The van der Waals surface area contributed by atoms with E-state index >= 15 is 0 Å². The number of aromatic amines is 1. The number of tetrazole rings is 1. The number of hydrogen-bond donors (Lipinski definition) is 2. The molecule has 0 saturated carbocycles. The van der Waals surface area contributed by atoms with Crippen molar-refractivity contribution < 1.29 is 23.9 Å². The highest BCUT2D eigenvalue weighted by Crippen LogP contribution is 1.85. The molecule has 19 heavy (non-hydrogen) atoms. The second-order valence-corrected chi connectivity index (χ2v) is 3.02. The van der Waals surface area contributed by atoms with Gasteiger partial charge >= 0.3 is 11.9 Å². The van der Waals surface area contributed by atoms with Crippen LogP contribution in [0.5, 0.6) is 0 Å². The number of amides is 1. The first-order chi connectivity index (χ1) is 9.13. The summed E-state index contributed by atoms with van der Waals surface area (Å²) in [5.74, 6) is -2.05. The number of nitrogens with one attached hydrogen (secondary N) is 2. The van der Waals surface area contributed by atoms with Crippen LogP contribution in [0.15, 0.2) is 12.2 Å². The lowest BCUT2D eigenvalue weighted by Crippen LogP contribution is -2.28. The summed E-state index contributed by atoms with van der Waals surface area (Å²) >= 11 is 0. The average molecular weight is 269 g/mol. The van der Waals surface area contributed by atoms with E-state index in [4.69, 9.17) is 4.74 Å². The summed E-state index contributed by atoms with van der Waals surface area (Å²) < 4.78 is 8.98. The largest absolute Gasteiger partial charge is 0.466 e. The zero-order valence-electron chi connectivity index (χ0n) is 9.95. The Bertz CT molecular complexity index is 469. The molecule has 0 aromatic carbocycles. The van der Waals surface area contributed by atoms with Crippen LogP contribution in [0.25, 0.3) is 0 Å². The summed E-state index contributed by atoms with van der Waals surface area (Å²) in [6.07, 6.45) is 1.85. The highest BCUT2D eigenvalue weighted by molar-refractivity contribution is 5.91. The van der Waals surface area contributed by atoms with Gasteiger partial charge in [-0.3, -0.25) is 4.79 Å². The molecule has 0 radical (unpaired) electrons. The molecular weight excluding hydrogens is 258 g/mol. The second kappa shape index (κ2) is 7.53. The van der Waals surface area contributed by atoms with E-state index in [1.807, 2.05) is 0 Å². The fourth-order valence-electron chi connectivity index (χ4n) is 0.905. The molecule has 0 spiro atoms. The molecule has 0 saturated heterocycles. The molecule has 0 aliphatic heterocycles. The van der Waals surface area contributed by atoms with Crippen LogP contribution in [-0.4, -0.2) is 58.7 Å². The highest BCUT2D eigenvalue weighted by atomic mass is 16.5. The van der Waals surface area contributed by atoms with Gasteiger partial charge in [0.15, 0.2) is 0 Å². The lowest BCUT2D eigenvalue weighted by molar-refractivity contribution is -0.139. The van der Waals surface area contributed by atoms with E-state index in [-0.39, 0.29) is 19.0 Å². The van der Waals surface area contributed by atoms with Gasteiger partial charge < -0.3 is 14.8 Å². The number of nitrogens with zero attached hydrogens (tertiary/aromatic N) is 3. The number of carbonyl (C=O) groups is 3. The Hall–Kier alpha value is -2.78. The summed E-state index contributed by atoms with van der Waals surface area (Å²) in [7, 11) is 1.19. The predicted molar refractivity (Wildman–Crippen MR) is 58.6 cm³/mol. The lowest BCUT2D eigenvalue weighted by atomic mass is 10.5. The van der Waals surface area contributed by atoms with Crippen LogP contribution < -0.4 is 5.32 Å². The van der Waals surface area contributed by atoms with Gasteiger partial charge in [0.2, 0.25) is 0 Å². The minimum atomic E-state index is -0.723. The molecule has 10 nitrogen and oxygen atoms in total. The standard InChI is InChI=1S/C9H11N5O5/c1-18-6(15)2-3-7(16)19-5-4-10-9(17)8-11-13-14-12-8/h2-3H,4-5H2,1H3,(H,10,17)(H,11,12,13,14)/b3-2+. The predicted octanol–water partition coefficient (Wildman–Crippen LogP) is -1.80. The van der Waals surface area contributed by atoms with Crippen LogP contribution in [0.1, 0.15) is 10.6 Å². The normalized spacial score (nSPS) is 10.2. The minimum absolute atomic E-state index is 0.0616. The molecular formula is C9H11N5O5. The van der Waals surface area contributed by atoms with Crippen molar-refractivity contribution in [1.29, 1.82) is 0 Å². The zero-order chi connectivity index (χ0) is 14.1. The highest BCUT2D eigenvalue weighted by Gasteiger charge is 2.09. The number of aromatic nitrogens is 4. The van der Waals surface area contributed by atoms with Gasteiger partial charge in [0.05, 0.1) is 13.7 Å². The molecule has 10 heteroatoms. The molecule has 2 N–H and O–H groups in total. The number of esters is 2. The third kappa shape index (κ3) is 5.39. The Balaban J connectivity index is 2.17. The van der Waals surface area contributed by atoms with Crippen LogP contribution in [0.2, 0.25) is 0 Å². The molecule has 1 rings (SSSR count). The molecule has 1 heterocycles. The Kier molecular flexibility index (Phi) is 5.66. The second-order valence-electron chi connectivity index (χ2n) is 3.02. The van der Waals surface area contributed by atoms with E-state index in [1.54, 1.807) is 0 Å². The molecule has 0 fully saturated rings. The first-order valence-electron chi connectivity index (χ1n) is 5.08. The van der Waals surface area contributed by atoms with Gasteiger partial charge in [-0.25, -0.2) is 9.59 Å². The summed E-state index contributed by atoms with van der Waals surface area (Å²) in [6, 6.07) is 0. The maximum Gasteiger partial charge on any atom is 0.331 e. The maximum atomic E-state index is 11.3. The molecule has 1 amide bonds. The molecule has 0 bridgehead atoms. The van der Waals surface area contributed by atoms with Gasteiger partial charge in [0.1, 0.15) is 6.61 Å². The molecule has 0 aliphatic carbocycles. The van der Waals surface area contributed by atoms with E-state index in [9.17, 15) is 14.4 Å². The van der Waals surface area contributed by atoms with E-state index in [1.165, 1.54) is 7.11 Å². The van der Waals surface area contributed by atoms with Crippen LogP contribution in [0.4, 0.5) is 0 Å². The molecule has 102 valence electrons. The monoisotopic (exact) mass is 269 g/mol. The Labute approximate surface area is 107 Å². The summed E-state index contributed by atoms with van der Waals surface area (Å²) in [6.45, 7) is 0.0130.